The lowest BCUT2D eigenvalue weighted by molar-refractivity contribution is -0.125. The highest BCUT2D eigenvalue weighted by Gasteiger charge is 2.09. The molecule has 0 N–H and O–H groups in total. The number of nitrogens with zero attached hydrogens (tertiary/aromatic N) is 3. The van der Waals surface area contributed by atoms with Crippen LogP contribution in [0.5, 0.6) is 0 Å². The molecule has 1 amide bonds. The van der Waals surface area contributed by atoms with E-state index in [1.54, 1.807) is 11.9 Å². The Bertz CT molecular complexity index is 368. The third kappa shape index (κ3) is 2.68. The Hall–Kier alpha value is -1.58. The van der Waals surface area contributed by atoms with Gasteiger partial charge in [0.15, 0.2) is 0 Å². The minimum Gasteiger partial charge on any atom is -0.338 e. The van der Waals surface area contributed by atoms with Crippen LogP contribution < -0.4 is 0 Å². The second-order valence-corrected chi connectivity index (χ2v) is 3.49. The normalized spacial score (nSPS) is 10.1. The van der Waals surface area contributed by atoms with E-state index in [4.69, 9.17) is 0 Å². The van der Waals surface area contributed by atoms with E-state index in [0.29, 0.717) is 6.54 Å². The summed E-state index contributed by atoms with van der Waals surface area (Å²) in [6.45, 7) is 8.87. The molecule has 0 aromatic carbocycles. The first-order chi connectivity index (χ1) is 7.08. The number of likely N-dealkylation sites (N-methyl/N-ethyl adjacent to an activating group) is 1. The Labute approximate surface area is 90.2 Å². The Morgan fingerprint density at radius 1 is 1.73 bits per heavy atom. The fraction of sp³-hybridized carbons (Fsp3) is 0.455. The van der Waals surface area contributed by atoms with Crippen molar-refractivity contribution in [3.63, 3.8) is 0 Å². The van der Waals surface area contributed by atoms with Gasteiger partial charge in [-0.1, -0.05) is 6.58 Å². The molecule has 15 heavy (non-hydrogen) atoms. The van der Waals surface area contributed by atoms with Crippen molar-refractivity contribution in [2.45, 2.75) is 26.9 Å². The second kappa shape index (κ2) is 4.77. The maximum absolute atomic E-state index is 11.3. The fourth-order valence-electron chi connectivity index (χ4n) is 1.37. The van der Waals surface area contributed by atoms with Crippen LogP contribution in [0, 0.1) is 6.92 Å². The molecule has 0 fully saturated rings. The Balaban J connectivity index is 2.75. The van der Waals surface area contributed by atoms with E-state index >= 15 is 0 Å². The van der Waals surface area contributed by atoms with Gasteiger partial charge in [-0.25, -0.2) is 0 Å². The van der Waals surface area contributed by atoms with Crippen LogP contribution in [0.1, 0.15) is 18.2 Å². The van der Waals surface area contributed by atoms with Crippen LogP contribution >= 0.6 is 0 Å². The number of aromatic nitrogens is 2. The number of carbonyl (C=O) groups is 1. The van der Waals surface area contributed by atoms with E-state index in [0.717, 1.165) is 17.8 Å². The summed E-state index contributed by atoms with van der Waals surface area (Å²) in [7, 11) is 1.76. The van der Waals surface area contributed by atoms with Crippen LogP contribution in [-0.2, 0) is 17.9 Å². The highest BCUT2D eigenvalue weighted by molar-refractivity contribution is 5.86. The van der Waals surface area contributed by atoms with Crippen molar-refractivity contribution in [1.29, 1.82) is 0 Å². The summed E-state index contributed by atoms with van der Waals surface area (Å²) in [5, 5.41) is 4.32. The Kier molecular flexibility index (Phi) is 3.66. The number of aryl methyl sites for hydroxylation is 2. The van der Waals surface area contributed by atoms with Gasteiger partial charge in [-0.05, 0) is 19.9 Å². The lowest BCUT2D eigenvalue weighted by Crippen LogP contribution is -2.24. The van der Waals surface area contributed by atoms with E-state index in [2.05, 4.69) is 11.7 Å². The predicted octanol–water partition coefficient (Wildman–Crippen LogP) is 1.36. The SMILES string of the molecule is C=CC(=O)N(C)Cc1cn(CC)nc1C. The molecule has 1 aromatic heterocycles. The van der Waals surface area contributed by atoms with Gasteiger partial charge in [0.1, 0.15) is 0 Å². The molecule has 0 radical (unpaired) electrons. The van der Waals surface area contributed by atoms with E-state index in [1.807, 2.05) is 24.7 Å². The third-order valence-electron chi connectivity index (χ3n) is 2.33. The average Bonchev–Trinajstić information content (AvgIpc) is 2.58. The summed E-state index contributed by atoms with van der Waals surface area (Å²) in [5.74, 6) is -0.0707. The van der Waals surface area contributed by atoms with Gasteiger partial charge in [0.25, 0.3) is 0 Å². The van der Waals surface area contributed by atoms with Gasteiger partial charge >= 0.3 is 0 Å². The first-order valence-electron chi connectivity index (χ1n) is 4.99. The first kappa shape index (κ1) is 11.5. The minimum absolute atomic E-state index is 0.0707. The molecule has 0 aliphatic carbocycles. The molecule has 4 heteroatoms. The zero-order valence-corrected chi connectivity index (χ0v) is 9.53. The van der Waals surface area contributed by atoms with Crippen molar-refractivity contribution in [3.8, 4) is 0 Å². The van der Waals surface area contributed by atoms with Crippen molar-refractivity contribution < 1.29 is 4.79 Å². The summed E-state index contributed by atoms with van der Waals surface area (Å²) >= 11 is 0. The molecule has 1 aromatic rings. The lowest BCUT2D eigenvalue weighted by atomic mass is 10.2. The molecule has 1 rings (SSSR count). The van der Waals surface area contributed by atoms with Crippen LogP contribution in [0.25, 0.3) is 0 Å². The van der Waals surface area contributed by atoms with Crippen LogP contribution in [0.2, 0.25) is 0 Å². The van der Waals surface area contributed by atoms with Gasteiger partial charge < -0.3 is 4.90 Å². The van der Waals surface area contributed by atoms with Gasteiger partial charge in [0.2, 0.25) is 5.91 Å². The Morgan fingerprint density at radius 2 is 2.40 bits per heavy atom. The van der Waals surface area contributed by atoms with Crippen LogP contribution in [0.15, 0.2) is 18.9 Å². The number of carbonyl (C=O) groups excluding carboxylic acids is 1. The van der Waals surface area contributed by atoms with Crippen molar-refractivity contribution in [2.75, 3.05) is 7.05 Å². The quantitative estimate of drug-likeness (QED) is 0.699. The largest absolute Gasteiger partial charge is 0.338 e. The van der Waals surface area contributed by atoms with Crippen LogP contribution in [0.3, 0.4) is 0 Å². The number of hydrogen-bond donors (Lipinski definition) is 0. The molecule has 0 bridgehead atoms. The van der Waals surface area contributed by atoms with E-state index in [1.165, 1.54) is 6.08 Å². The number of amides is 1. The average molecular weight is 207 g/mol. The maximum Gasteiger partial charge on any atom is 0.245 e. The molecular weight excluding hydrogens is 190 g/mol. The molecule has 0 aliphatic heterocycles. The summed E-state index contributed by atoms with van der Waals surface area (Å²) in [6, 6.07) is 0. The zero-order valence-electron chi connectivity index (χ0n) is 9.53. The summed E-state index contributed by atoms with van der Waals surface area (Å²) < 4.78 is 1.87. The topological polar surface area (TPSA) is 38.1 Å². The molecule has 0 spiro atoms. The van der Waals surface area contributed by atoms with Gasteiger partial charge in [0, 0.05) is 31.9 Å². The van der Waals surface area contributed by atoms with Crippen molar-refractivity contribution >= 4 is 5.91 Å². The molecule has 1 heterocycles. The van der Waals surface area contributed by atoms with E-state index in [-0.39, 0.29) is 5.91 Å². The van der Waals surface area contributed by atoms with E-state index in [9.17, 15) is 4.79 Å². The predicted molar refractivity (Wildman–Crippen MR) is 59.3 cm³/mol. The highest BCUT2D eigenvalue weighted by Crippen LogP contribution is 2.08. The summed E-state index contributed by atoms with van der Waals surface area (Å²) in [6.07, 6.45) is 3.29. The molecule has 0 unspecified atom stereocenters. The molecule has 0 atom stereocenters. The lowest BCUT2D eigenvalue weighted by Gasteiger charge is -2.13. The van der Waals surface area contributed by atoms with Crippen LogP contribution in [-0.4, -0.2) is 27.6 Å². The molecule has 0 aliphatic rings. The Morgan fingerprint density at radius 3 is 2.87 bits per heavy atom. The molecular formula is C11H17N3O. The second-order valence-electron chi connectivity index (χ2n) is 3.49. The third-order valence-corrected chi connectivity index (χ3v) is 2.33. The smallest absolute Gasteiger partial charge is 0.245 e. The van der Waals surface area contributed by atoms with Crippen molar-refractivity contribution in [3.05, 3.63) is 30.1 Å². The van der Waals surface area contributed by atoms with Gasteiger partial charge in [-0.3, -0.25) is 9.48 Å². The zero-order chi connectivity index (χ0) is 11.4. The molecule has 82 valence electrons. The fourth-order valence-corrected chi connectivity index (χ4v) is 1.37. The standard InChI is InChI=1S/C11H17N3O/c1-5-11(15)13(4)7-10-8-14(6-2)12-9(10)3/h5,8H,1,6-7H2,2-4H3. The van der Waals surface area contributed by atoms with Crippen LogP contribution in [0.4, 0.5) is 0 Å². The maximum atomic E-state index is 11.3. The monoisotopic (exact) mass is 207 g/mol. The number of hydrogen-bond acceptors (Lipinski definition) is 2. The molecule has 0 saturated carbocycles. The van der Waals surface area contributed by atoms with Gasteiger partial charge in [-0.15, -0.1) is 0 Å². The highest BCUT2D eigenvalue weighted by atomic mass is 16.2. The van der Waals surface area contributed by atoms with Crippen molar-refractivity contribution in [1.82, 2.24) is 14.7 Å². The molecule has 4 nitrogen and oxygen atoms in total. The summed E-state index contributed by atoms with van der Waals surface area (Å²) in [5.41, 5.74) is 2.05. The molecule has 0 saturated heterocycles. The van der Waals surface area contributed by atoms with E-state index < -0.39 is 0 Å². The minimum atomic E-state index is -0.0707. The van der Waals surface area contributed by atoms with Gasteiger partial charge in [0.05, 0.1) is 5.69 Å². The van der Waals surface area contributed by atoms with Gasteiger partial charge in [-0.2, -0.15) is 5.10 Å². The summed E-state index contributed by atoms with van der Waals surface area (Å²) in [4.78, 5) is 12.9. The first-order valence-corrected chi connectivity index (χ1v) is 4.99. The number of rotatable bonds is 4. The van der Waals surface area contributed by atoms with Crippen molar-refractivity contribution in [2.24, 2.45) is 0 Å².